The molecule has 0 amide bonds. The van der Waals surface area contributed by atoms with Crippen molar-refractivity contribution >= 4 is 10.0 Å². The van der Waals surface area contributed by atoms with E-state index in [1.54, 1.807) is 7.05 Å². The van der Waals surface area contributed by atoms with Gasteiger partial charge in [-0.25, -0.2) is 13.6 Å². The third-order valence-corrected chi connectivity index (χ3v) is 2.36. The van der Waals surface area contributed by atoms with Crippen molar-refractivity contribution in [2.45, 2.75) is 18.5 Å². The van der Waals surface area contributed by atoms with Crippen LogP contribution in [0.5, 0.6) is 0 Å². The zero-order valence-corrected chi connectivity index (χ0v) is 7.67. The molecule has 1 aromatic rings. The number of rotatable bonds is 2. The highest BCUT2D eigenvalue weighted by atomic mass is 32.2. The summed E-state index contributed by atoms with van der Waals surface area (Å²) in [5.74, 6) is 0.596. The normalized spacial score (nSPS) is 11.9. The average Bonchev–Trinajstić information content (AvgIpc) is 2.29. The van der Waals surface area contributed by atoms with Crippen LogP contribution in [0, 0.1) is 0 Å². The second-order valence-corrected chi connectivity index (χ2v) is 3.81. The Morgan fingerprint density at radius 3 is 2.33 bits per heavy atom. The number of nitrogens with zero attached hydrogens (tertiary/aromatic N) is 3. The summed E-state index contributed by atoms with van der Waals surface area (Å²) in [6, 6.07) is 0. The Hall–Kier alpha value is -0.950. The van der Waals surface area contributed by atoms with E-state index >= 15 is 0 Å². The van der Waals surface area contributed by atoms with Crippen LogP contribution >= 0.6 is 0 Å². The minimum absolute atomic E-state index is 0.195. The highest BCUT2D eigenvalue weighted by Crippen LogP contribution is 2.03. The molecule has 1 heterocycles. The molecule has 1 aromatic heterocycles. The van der Waals surface area contributed by atoms with Gasteiger partial charge < -0.3 is 4.57 Å². The second-order valence-electron chi connectivity index (χ2n) is 2.36. The zero-order chi connectivity index (χ0) is 9.35. The number of aromatic nitrogens is 3. The number of aryl methyl sites for hydroxylation is 1. The molecule has 0 saturated carbocycles. The molecule has 2 N–H and O–H groups in total. The zero-order valence-electron chi connectivity index (χ0n) is 6.85. The number of nitrogens with two attached hydrogens (primary N) is 1. The van der Waals surface area contributed by atoms with Gasteiger partial charge in [-0.2, -0.15) is 0 Å². The summed E-state index contributed by atoms with van der Waals surface area (Å²) in [6.07, 6.45) is 0.624. The van der Waals surface area contributed by atoms with E-state index in [0.29, 0.717) is 12.2 Å². The van der Waals surface area contributed by atoms with E-state index in [0.717, 1.165) is 0 Å². The summed E-state index contributed by atoms with van der Waals surface area (Å²) >= 11 is 0. The van der Waals surface area contributed by atoms with Crippen LogP contribution in [0.25, 0.3) is 0 Å². The maximum Gasteiger partial charge on any atom is 0.273 e. The molecule has 68 valence electrons. The topological polar surface area (TPSA) is 90.9 Å². The van der Waals surface area contributed by atoms with Crippen molar-refractivity contribution in [3.05, 3.63) is 5.82 Å². The lowest BCUT2D eigenvalue weighted by molar-refractivity contribution is 0.578. The Bertz CT molecular complexity index is 380. The fourth-order valence-electron chi connectivity index (χ4n) is 0.901. The van der Waals surface area contributed by atoms with Crippen molar-refractivity contribution < 1.29 is 8.42 Å². The first-order valence-electron chi connectivity index (χ1n) is 3.38. The highest BCUT2D eigenvalue weighted by molar-refractivity contribution is 7.89. The van der Waals surface area contributed by atoms with Crippen molar-refractivity contribution in [3.8, 4) is 0 Å². The quantitative estimate of drug-likeness (QED) is 0.649. The molecule has 12 heavy (non-hydrogen) atoms. The van der Waals surface area contributed by atoms with Gasteiger partial charge in [0, 0.05) is 13.5 Å². The van der Waals surface area contributed by atoms with Gasteiger partial charge in [0.15, 0.2) is 0 Å². The molecule has 0 unspecified atom stereocenters. The number of sulfonamides is 1. The maximum absolute atomic E-state index is 10.8. The van der Waals surface area contributed by atoms with E-state index in [1.807, 2.05) is 6.92 Å². The molecule has 0 fully saturated rings. The molecule has 0 radical (unpaired) electrons. The lowest BCUT2D eigenvalue weighted by atomic mass is 10.5. The van der Waals surface area contributed by atoms with Crippen molar-refractivity contribution in [1.82, 2.24) is 14.8 Å². The van der Waals surface area contributed by atoms with Crippen molar-refractivity contribution in [3.63, 3.8) is 0 Å². The average molecular weight is 190 g/mol. The molecule has 0 bridgehead atoms. The van der Waals surface area contributed by atoms with Crippen LogP contribution in [0.15, 0.2) is 5.16 Å². The van der Waals surface area contributed by atoms with E-state index in [2.05, 4.69) is 10.2 Å². The fourth-order valence-corrected chi connectivity index (χ4v) is 1.54. The van der Waals surface area contributed by atoms with Crippen LogP contribution in [0.3, 0.4) is 0 Å². The summed E-state index contributed by atoms with van der Waals surface area (Å²) in [6.45, 7) is 1.86. The van der Waals surface area contributed by atoms with Gasteiger partial charge in [-0.1, -0.05) is 6.92 Å². The van der Waals surface area contributed by atoms with E-state index in [9.17, 15) is 8.42 Å². The fraction of sp³-hybridized carbons (Fsp3) is 0.600. The number of hydrogen-bond acceptors (Lipinski definition) is 4. The molecule has 6 nitrogen and oxygen atoms in total. The van der Waals surface area contributed by atoms with Crippen LogP contribution < -0.4 is 5.14 Å². The van der Waals surface area contributed by atoms with Crippen molar-refractivity contribution in [1.29, 1.82) is 0 Å². The third-order valence-electron chi connectivity index (χ3n) is 1.50. The monoisotopic (exact) mass is 190 g/mol. The molecular weight excluding hydrogens is 180 g/mol. The van der Waals surface area contributed by atoms with Gasteiger partial charge >= 0.3 is 0 Å². The van der Waals surface area contributed by atoms with Gasteiger partial charge in [-0.3, -0.25) is 0 Å². The van der Waals surface area contributed by atoms with E-state index in [-0.39, 0.29) is 5.16 Å². The first-order valence-corrected chi connectivity index (χ1v) is 4.92. The standard InChI is InChI=1S/C5H10N4O2S/c1-3-4-7-8-5(9(4)2)12(6,10)11/h3H2,1-2H3,(H2,6,10,11). The van der Waals surface area contributed by atoms with E-state index in [4.69, 9.17) is 5.14 Å². The van der Waals surface area contributed by atoms with Gasteiger partial charge in [-0.15, -0.1) is 10.2 Å². The summed E-state index contributed by atoms with van der Waals surface area (Å²) in [7, 11) is -2.17. The Morgan fingerprint density at radius 1 is 1.50 bits per heavy atom. The van der Waals surface area contributed by atoms with E-state index in [1.165, 1.54) is 4.57 Å². The molecule has 0 aliphatic carbocycles. The molecular formula is C5H10N4O2S. The Morgan fingerprint density at radius 2 is 2.08 bits per heavy atom. The van der Waals surface area contributed by atoms with Crippen LogP contribution in [-0.2, 0) is 23.5 Å². The lowest BCUT2D eigenvalue weighted by Crippen LogP contribution is -2.17. The molecule has 7 heteroatoms. The number of hydrogen-bond donors (Lipinski definition) is 1. The highest BCUT2D eigenvalue weighted by Gasteiger charge is 2.17. The first-order chi connectivity index (χ1) is 5.46. The van der Waals surface area contributed by atoms with Crippen LogP contribution in [0.1, 0.15) is 12.7 Å². The smallest absolute Gasteiger partial charge is 0.273 e. The largest absolute Gasteiger partial charge is 0.304 e. The summed E-state index contributed by atoms with van der Waals surface area (Å²) in [5.41, 5.74) is 0. The first kappa shape index (κ1) is 9.14. The van der Waals surface area contributed by atoms with Crippen LogP contribution in [0.4, 0.5) is 0 Å². The minimum atomic E-state index is -3.73. The predicted octanol–water partition coefficient (Wildman–Crippen LogP) is -0.975. The predicted molar refractivity (Wildman–Crippen MR) is 41.8 cm³/mol. The summed E-state index contributed by atoms with van der Waals surface area (Å²) in [4.78, 5) is 0. The molecule has 0 saturated heterocycles. The Kier molecular flexibility index (Phi) is 2.16. The van der Waals surface area contributed by atoms with Gasteiger partial charge in [0.1, 0.15) is 5.82 Å². The Balaban J connectivity index is 3.30. The molecule has 0 spiro atoms. The molecule has 0 aliphatic heterocycles. The molecule has 0 aliphatic rings. The SMILES string of the molecule is CCc1nnc(S(N)(=O)=O)n1C. The minimum Gasteiger partial charge on any atom is -0.304 e. The summed E-state index contributed by atoms with van der Waals surface area (Å²) < 4.78 is 23.0. The van der Waals surface area contributed by atoms with Crippen LogP contribution in [-0.4, -0.2) is 23.2 Å². The molecule has 0 atom stereocenters. The van der Waals surface area contributed by atoms with Crippen molar-refractivity contribution in [2.24, 2.45) is 12.2 Å². The van der Waals surface area contributed by atoms with Crippen molar-refractivity contribution in [2.75, 3.05) is 0 Å². The van der Waals surface area contributed by atoms with E-state index < -0.39 is 10.0 Å². The molecule has 0 aromatic carbocycles. The second kappa shape index (κ2) is 2.83. The van der Waals surface area contributed by atoms with Gasteiger partial charge in [-0.05, 0) is 0 Å². The van der Waals surface area contributed by atoms with Gasteiger partial charge in [0.25, 0.3) is 15.2 Å². The van der Waals surface area contributed by atoms with Gasteiger partial charge in [0.2, 0.25) is 0 Å². The lowest BCUT2D eigenvalue weighted by Gasteiger charge is -1.98. The van der Waals surface area contributed by atoms with Gasteiger partial charge in [0.05, 0.1) is 0 Å². The Labute approximate surface area is 70.5 Å². The van der Waals surface area contributed by atoms with Crippen LogP contribution in [0.2, 0.25) is 0 Å². The maximum atomic E-state index is 10.8. The third kappa shape index (κ3) is 1.46. The summed E-state index contributed by atoms with van der Waals surface area (Å²) in [5, 5.41) is 11.8. The number of primary sulfonamides is 1. The molecule has 1 rings (SSSR count).